The van der Waals surface area contributed by atoms with E-state index >= 15 is 0 Å². The van der Waals surface area contributed by atoms with E-state index in [-0.39, 0.29) is 11.8 Å². The number of hydrogen-bond donors (Lipinski definition) is 2. The minimum absolute atomic E-state index is 0.132. The van der Waals surface area contributed by atoms with E-state index in [0.717, 1.165) is 13.0 Å². The van der Waals surface area contributed by atoms with Crippen molar-refractivity contribution in [1.82, 2.24) is 10.9 Å². The quantitative estimate of drug-likeness (QED) is 0.806. The average Bonchev–Trinajstić information content (AvgIpc) is 2.85. The lowest BCUT2D eigenvalue weighted by molar-refractivity contribution is -0.122. The van der Waals surface area contributed by atoms with Crippen molar-refractivity contribution in [3.63, 3.8) is 0 Å². The molecule has 3 rings (SSSR count). The molecule has 3 heteroatoms. The van der Waals surface area contributed by atoms with Crippen LogP contribution < -0.4 is 10.9 Å². The summed E-state index contributed by atoms with van der Waals surface area (Å²) < 4.78 is 0. The van der Waals surface area contributed by atoms with Gasteiger partial charge in [0.2, 0.25) is 5.91 Å². The van der Waals surface area contributed by atoms with Crippen LogP contribution in [0.25, 0.3) is 10.8 Å². The molecule has 3 nitrogen and oxygen atoms in total. The van der Waals surface area contributed by atoms with Gasteiger partial charge >= 0.3 is 0 Å². The lowest BCUT2D eigenvalue weighted by atomic mass is 10.1. The molecule has 1 aliphatic heterocycles. The minimum atomic E-state index is 0.132. The fraction of sp³-hybridized carbons (Fsp3) is 0.267. The first-order valence-corrected chi connectivity index (χ1v) is 6.27. The van der Waals surface area contributed by atoms with E-state index in [9.17, 15) is 4.79 Å². The molecule has 0 bridgehead atoms. The van der Waals surface area contributed by atoms with Crippen molar-refractivity contribution < 1.29 is 4.79 Å². The summed E-state index contributed by atoms with van der Waals surface area (Å²) in [6.45, 7) is 2.80. The first-order valence-electron chi connectivity index (χ1n) is 6.27. The SMILES string of the molecule is CCC1CNNC1=O.c1ccc2ccccc2c1. The number of rotatable bonds is 1. The van der Waals surface area contributed by atoms with E-state index in [1.54, 1.807) is 0 Å². The van der Waals surface area contributed by atoms with Crippen molar-refractivity contribution >= 4 is 16.7 Å². The Labute approximate surface area is 107 Å². The molecule has 0 spiro atoms. The van der Waals surface area contributed by atoms with E-state index in [1.165, 1.54) is 10.8 Å². The van der Waals surface area contributed by atoms with Crippen LogP contribution in [0.4, 0.5) is 0 Å². The van der Waals surface area contributed by atoms with Gasteiger partial charge in [-0.3, -0.25) is 10.2 Å². The van der Waals surface area contributed by atoms with Gasteiger partial charge < -0.3 is 0 Å². The van der Waals surface area contributed by atoms with Gasteiger partial charge in [0, 0.05) is 6.54 Å². The topological polar surface area (TPSA) is 41.1 Å². The number of benzene rings is 2. The predicted molar refractivity (Wildman–Crippen MR) is 73.9 cm³/mol. The Hall–Kier alpha value is -1.87. The molecule has 2 aromatic carbocycles. The van der Waals surface area contributed by atoms with E-state index in [0.29, 0.717) is 0 Å². The number of amides is 1. The van der Waals surface area contributed by atoms with Crippen LogP contribution in [0.5, 0.6) is 0 Å². The summed E-state index contributed by atoms with van der Waals surface area (Å²) in [4.78, 5) is 10.6. The molecule has 0 aliphatic carbocycles. The molecule has 0 aromatic heterocycles. The van der Waals surface area contributed by atoms with Crippen molar-refractivity contribution in [2.45, 2.75) is 13.3 Å². The fourth-order valence-corrected chi connectivity index (χ4v) is 1.92. The zero-order valence-electron chi connectivity index (χ0n) is 10.5. The zero-order valence-corrected chi connectivity index (χ0v) is 10.5. The number of nitrogens with one attached hydrogen (secondary N) is 2. The average molecular weight is 242 g/mol. The molecule has 1 unspecified atom stereocenters. The van der Waals surface area contributed by atoms with Crippen molar-refractivity contribution in [3.8, 4) is 0 Å². The third kappa shape index (κ3) is 3.08. The van der Waals surface area contributed by atoms with Gasteiger partial charge in [-0.15, -0.1) is 0 Å². The van der Waals surface area contributed by atoms with Crippen molar-refractivity contribution in [2.75, 3.05) is 6.54 Å². The van der Waals surface area contributed by atoms with Crippen LogP contribution >= 0.6 is 0 Å². The maximum Gasteiger partial charge on any atom is 0.238 e. The second kappa shape index (κ2) is 6.17. The molecule has 1 heterocycles. The van der Waals surface area contributed by atoms with Crippen LogP contribution in [-0.4, -0.2) is 12.5 Å². The Morgan fingerprint density at radius 1 is 1.06 bits per heavy atom. The molecule has 1 saturated heterocycles. The van der Waals surface area contributed by atoms with Gasteiger partial charge in [0.25, 0.3) is 0 Å². The van der Waals surface area contributed by atoms with Crippen molar-refractivity contribution in [2.24, 2.45) is 5.92 Å². The number of fused-ring (bicyclic) bond motifs is 1. The molecule has 1 aliphatic rings. The van der Waals surface area contributed by atoms with Gasteiger partial charge in [0.05, 0.1) is 5.92 Å². The van der Waals surface area contributed by atoms with Gasteiger partial charge in [0.15, 0.2) is 0 Å². The third-order valence-electron chi connectivity index (χ3n) is 3.08. The van der Waals surface area contributed by atoms with Crippen molar-refractivity contribution in [1.29, 1.82) is 0 Å². The monoisotopic (exact) mass is 242 g/mol. The van der Waals surface area contributed by atoms with Crippen LogP contribution in [0, 0.1) is 5.92 Å². The number of carbonyl (C=O) groups excluding carboxylic acids is 1. The molecule has 2 N–H and O–H groups in total. The first-order chi connectivity index (χ1) is 8.81. The molecular weight excluding hydrogens is 224 g/mol. The zero-order chi connectivity index (χ0) is 12.8. The molecule has 0 saturated carbocycles. The highest BCUT2D eigenvalue weighted by Gasteiger charge is 2.20. The highest BCUT2D eigenvalue weighted by atomic mass is 16.2. The summed E-state index contributed by atoms with van der Waals surface area (Å²) in [5.74, 6) is 0.336. The fourth-order valence-electron chi connectivity index (χ4n) is 1.92. The molecule has 94 valence electrons. The Balaban J connectivity index is 0.000000138. The maximum absolute atomic E-state index is 10.6. The van der Waals surface area contributed by atoms with Crippen LogP contribution in [0.2, 0.25) is 0 Å². The highest BCUT2D eigenvalue weighted by molar-refractivity contribution is 5.82. The second-order valence-electron chi connectivity index (χ2n) is 4.32. The summed E-state index contributed by atoms with van der Waals surface area (Å²) >= 11 is 0. The predicted octanol–water partition coefficient (Wildman–Crippen LogP) is 2.49. The normalized spacial score (nSPS) is 18.1. The molecule has 1 fully saturated rings. The maximum atomic E-state index is 10.6. The first kappa shape index (κ1) is 12.6. The van der Waals surface area contributed by atoms with Crippen LogP contribution in [0.1, 0.15) is 13.3 Å². The summed E-state index contributed by atoms with van der Waals surface area (Å²) in [5.41, 5.74) is 5.31. The Bertz CT molecular complexity index is 459. The molecule has 1 atom stereocenters. The summed E-state index contributed by atoms with van der Waals surface area (Å²) in [5, 5.41) is 2.62. The van der Waals surface area contributed by atoms with Gasteiger partial charge in [-0.25, -0.2) is 5.43 Å². The summed E-state index contributed by atoms with van der Waals surface area (Å²) in [6.07, 6.45) is 0.929. The smallest absolute Gasteiger partial charge is 0.238 e. The summed E-state index contributed by atoms with van der Waals surface area (Å²) in [7, 11) is 0. The molecule has 1 amide bonds. The van der Waals surface area contributed by atoms with Crippen molar-refractivity contribution in [3.05, 3.63) is 48.5 Å². The van der Waals surface area contributed by atoms with Crippen LogP contribution in [-0.2, 0) is 4.79 Å². The second-order valence-corrected chi connectivity index (χ2v) is 4.32. The van der Waals surface area contributed by atoms with Crippen LogP contribution in [0.3, 0.4) is 0 Å². The van der Waals surface area contributed by atoms with E-state index in [4.69, 9.17) is 0 Å². The molecular formula is C15H18N2O. The van der Waals surface area contributed by atoms with E-state index in [2.05, 4.69) is 59.4 Å². The highest BCUT2D eigenvalue weighted by Crippen LogP contribution is 2.11. The van der Waals surface area contributed by atoms with E-state index in [1.807, 2.05) is 6.92 Å². The van der Waals surface area contributed by atoms with E-state index < -0.39 is 0 Å². The van der Waals surface area contributed by atoms with Gasteiger partial charge in [-0.2, -0.15) is 0 Å². The lowest BCUT2D eigenvalue weighted by Crippen LogP contribution is -2.26. The third-order valence-corrected chi connectivity index (χ3v) is 3.08. The number of hydrogen-bond acceptors (Lipinski definition) is 2. The molecule has 0 radical (unpaired) electrons. The Kier molecular flexibility index (Phi) is 4.31. The number of carbonyl (C=O) groups is 1. The standard InChI is InChI=1S/C10H8.C5H10N2O/c1-2-6-10-8-4-3-7-9(10)5-1;1-2-4-3-6-7-5(4)8/h1-8H;4,6H,2-3H2,1H3,(H,7,8). The van der Waals surface area contributed by atoms with Gasteiger partial charge in [-0.05, 0) is 17.2 Å². The summed E-state index contributed by atoms with van der Waals surface area (Å²) in [6, 6.07) is 16.7. The van der Waals surface area contributed by atoms with Gasteiger partial charge in [-0.1, -0.05) is 55.5 Å². The largest absolute Gasteiger partial charge is 0.291 e. The number of hydrazine groups is 1. The lowest BCUT2D eigenvalue weighted by Gasteiger charge is -1.95. The Morgan fingerprint density at radius 2 is 1.56 bits per heavy atom. The molecule has 2 aromatic rings. The molecule has 18 heavy (non-hydrogen) atoms. The van der Waals surface area contributed by atoms with Crippen LogP contribution in [0.15, 0.2) is 48.5 Å². The minimum Gasteiger partial charge on any atom is -0.291 e. The Morgan fingerprint density at radius 3 is 1.83 bits per heavy atom. The van der Waals surface area contributed by atoms with Gasteiger partial charge in [0.1, 0.15) is 0 Å².